The molecular weight excluding hydrogens is 298 g/mol. The van der Waals surface area contributed by atoms with Crippen LogP contribution in [0.15, 0.2) is 23.1 Å². The lowest BCUT2D eigenvalue weighted by Crippen LogP contribution is -2.39. The molecule has 1 aromatic rings. The predicted molar refractivity (Wildman–Crippen MR) is 74.3 cm³/mol. The number of hydrogen-bond acceptors (Lipinski definition) is 3. The van der Waals surface area contributed by atoms with Gasteiger partial charge >= 0.3 is 0 Å². The minimum atomic E-state index is -3.75. The maximum absolute atomic E-state index is 13.3. The molecule has 21 heavy (non-hydrogen) atoms. The van der Waals surface area contributed by atoms with Crippen LogP contribution in [0.1, 0.15) is 19.3 Å². The molecule has 2 aliphatic rings. The fraction of sp³-hybridized carbons (Fsp3) is 0.571. The molecule has 116 valence electrons. The van der Waals surface area contributed by atoms with Gasteiger partial charge in [-0.1, -0.05) is 0 Å². The Hall–Kier alpha value is -1.05. The number of nitrogens with one attached hydrogen (secondary N) is 1. The molecule has 1 aromatic carbocycles. The number of piperidine rings is 1. The first kappa shape index (κ1) is 14.9. The summed E-state index contributed by atoms with van der Waals surface area (Å²) in [6.07, 6.45) is 2.74. The lowest BCUT2D eigenvalue weighted by molar-refractivity contribution is 0.218. The summed E-state index contributed by atoms with van der Waals surface area (Å²) in [5.74, 6) is -2.17. The van der Waals surface area contributed by atoms with Crippen LogP contribution in [0.2, 0.25) is 0 Å². The van der Waals surface area contributed by atoms with Crippen molar-refractivity contribution in [1.82, 2.24) is 9.62 Å². The van der Waals surface area contributed by atoms with E-state index >= 15 is 0 Å². The number of hydrogen-bond donors (Lipinski definition) is 1. The Labute approximate surface area is 123 Å². The van der Waals surface area contributed by atoms with Crippen molar-refractivity contribution in [2.45, 2.75) is 24.2 Å². The Kier molecular flexibility index (Phi) is 3.75. The molecule has 2 heterocycles. The van der Waals surface area contributed by atoms with Crippen molar-refractivity contribution < 1.29 is 17.2 Å². The van der Waals surface area contributed by atoms with Crippen molar-refractivity contribution in [1.29, 1.82) is 0 Å². The third kappa shape index (κ3) is 2.69. The van der Waals surface area contributed by atoms with Crippen LogP contribution in [0, 0.1) is 17.0 Å². The molecule has 7 heteroatoms. The van der Waals surface area contributed by atoms with Crippen molar-refractivity contribution >= 4 is 10.0 Å². The van der Waals surface area contributed by atoms with Crippen molar-refractivity contribution in [3.05, 3.63) is 29.8 Å². The molecule has 0 aromatic heterocycles. The average Bonchev–Trinajstić information content (AvgIpc) is 2.87. The van der Waals surface area contributed by atoms with Gasteiger partial charge in [0.25, 0.3) is 0 Å². The highest BCUT2D eigenvalue weighted by atomic mass is 32.2. The topological polar surface area (TPSA) is 49.4 Å². The van der Waals surface area contributed by atoms with Gasteiger partial charge in [0.15, 0.2) is 11.6 Å². The summed E-state index contributed by atoms with van der Waals surface area (Å²) in [5, 5.41) is 3.28. The molecule has 0 saturated carbocycles. The molecule has 1 N–H and O–H groups in total. The summed E-state index contributed by atoms with van der Waals surface area (Å²) in [6.45, 7) is 2.72. The number of halogens is 2. The van der Waals surface area contributed by atoms with Crippen LogP contribution in [0.4, 0.5) is 8.78 Å². The second-order valence-electron chi connectivity index (χ2n) is 5.91. The molecule has 0 bridgehead atoms. The molecule has 0 amide bonds. The average molecular weight is 316 g/mol. The first-order valence-corrected chi connectivity index (χ1v) is 8.53. The Bertz CT molecular complexity index is 642. The molecule has 4 nitrogen and oxygen atoms in total. The first-order valence-electron chi connectivity index (χ1n) is 7.09. The van der Waals surface area contributed by atoms with Gasteiger partial charge in [-0.2, -0.15) is 4.31 Å². The fourth-order valence-corrected chi connectivity index (χ4v) is 4.82. The quantitative estimate of drug-likeness (QED) is 0.904. The van der Waals surface area contributed by atoms with E-state index in [9.17, 15) is 17.2 Å². The van der Waals surface area contributed by atoms with E-state index in [2.05, 4.69) is 5.32 Å². The van der Waals surface area contributed by atoms with E-state index in [-0.39, 0.29) is 10.3 Å². The summed E-state index contributed by atoms with van der Waals surface area (Å²) < 4.78 is 52.7. The van der Waals surface area contributed by atoms with Gasteiger partial charge in [0.1, 0.15) is 0 Å². The van der Waals surface area contributed by atoms with Gasteiger partial charge in [-0.05, 0) is 56.0 Å². The molecule has 1 spiro atoms. The highest BCUT2D eigenvalue weighted by Crippen LogP contribution is 2.40. The van der Waals surface area contributed by atoms with Crippen LogP contribution in [0.5, 0.6) is 0 Å². The molecule has 0 atom stereocenters. The standard InChI is InChI=1S/C14H18F2N2O2S/c15-12-2-1-11(9-13(12)16)21(19,20)18-8-5-14(10-18)3-6-17-7-4-14/h1-2,9,17H,3-8,10H2. The van der Waals surface area contributed by atoms with E-state index in [4.69, 9.17) is 0 Å². The van der Waals surface area contributed by atoms with Gasteiger partial charge in [-0.25, -0.2) is 17.2 Å². The number of benzene rings is 1. The van der Waals surface area contributed by atoms with Gasteiger partial charge in [0.05, 0.1) is 4.90 Å². The van der Waals surface area contributed by atoms with Crippen LogP contribution in [-0.4, -0.2) is 38.9 Å². The SMILES string of the molecule is O=S(=O)(c1ccc(F)c(F)c1)N1CCC2(CCNCC2)C1. The van der Waals surface area contributed by atoms with E-state index < -0.39 is 21.7 Å². The number of sulfonamides is 1. The summed E-state index contributed by atoms with van der Waals surface area (Å²) in [4.78, 5) is -0.174. The highest BCUT2D eigenvalue weighted by molar-refractivity contribution is 7.89. The molecule has 0 radical (unpaired) electrons. The lowest BCUT2D eigenvalue weighted by Gasteiger charge is -2.33. The summed E-state index contributed by atoms with van der Waals surface area (Å²) in [6, 6.07) is 2.75. The minimum absolute atomic E-state index is 0.0386. The summed E-state index contributed by atoms with van der Waals surface area (Å²) in [7, 11) is -3.75. The van der Waals surface area contributed by atoms with Crippen molar-refractivity contribution in [3.63, 3.8) is 0 Å². The number of nitrogens with zero attached hydrogens (tertiary/aromatic N) is 1. The predicted octanol–water partition coefficient (Wildman–Crippen LogP) is 1.73. The van der Waals surface area contributed by atoms with E-state index in [0.29, 0.717) is 13.1 Å². The van der Waals surface area contributed by atoms with Crippen LogP contribution < -0.4 is 5.32 Å². The molecule has 3 rings (SSSR count). The van der Waals surface area contributed by atoms with Crippen LogP contribution in [-0.2, 0) is 10.0 Å². The zero-order valence-corrected chi connectivity index (χ0v) is 12.4. The smallest absolute Gasteiger partial charge is 0.243 e. The number of rotatable bonds is 2. The largest absolute Gasteiger partial charge is 0.317 e. The Balaban J connectivity index is 1.84. The molecule has 0 unspecified atom stereocenters. The monoisotopic (exact) mass is 316 g/mol. The molecule has 0 aliphatic carbocycles. The first-order chi connectivity index (χ1) is 9.93. The summed E-state index contributed by atoms with van der Waals surface area (Å²) >= 11 is 0. The zero-order chi connectivity index (χ0) is 15.1. The second-order valence-corrected chi connectivity index (χ2v) is 7.85. The Morgan fingerprint density at radius 1 is 1.10 bits per heavy atom. The molecular formula is C14H18F2N2O2S. The van der Waals surface area contributed by atoms with Crippen LogP contribution in [0.3, 0.4) is 0 Å². The third-order valence-electron chi connectivity index (χ3n) is 4.60. The lowest BCUT2D eigenvalue weighted by atomic mass is 9.78. The van der Waals surface area contributed by atoms with E-state index in [1.54, 1.807) is 0 Å². The Morgan fingerprint density at radius 2 is 1.81 bits per heavy atom. The van der Waals surface area contributed by atoms with Crippen LogP contribution >= 0.6 is 0 Å². The third-order valence-corrected chi connectivity index (χ3v) is 6.44. The zero-order valence-electron chi connectivity index (χ0n) is 11.6. The molecule has 2 fully saturated rings. The normalized spacial score (nSPS) is 22.8. The molecule has 2 saturated heterocycles. The van der Waals surface area contributed by atoms with Gasteiger partial charge in [0, 0.05) is 13.1 Å². The highest BCUT2D eigenvalue weighted by Gasteiger charge is 2.43. The Morgan fingerprint density at radius 3 is 2.48 bits per heavy atom. The fourth-order valence-electron chi connectivity index (χ4n) is 3.25. The minimum Gasteiger partial charge on any atom is -0.317 e. The summed E-state index contributed by atoms with van der Waals surface area (Å²) in [5.41, 5.74) is 0.0386. The van der Waals surface area contributed by atoms with Crippen molar-refractivity contribution in [2.24, 2.45) is 5.41 Å². The second kappa shape index (κ2) is 5.30. The van der Waals surface area contributed by atoms with Crippen molar-refractivity contribution in [3.8, 4) is 0 Å². The van der Waals surface area contributed by atoms with Gasteiger partial charge in [0.2, 0.25) is 10.0 Å². The molecule has 2 aliphatic heterocycles. The van der Waals surface area contributed by atoms with Gasteiger partial charge in [-0.15, -0.1) is 0 Å². The van der Waals surface area contributed by atoms with Gasteiger partial charge < -0.3 is 5.32 Å². The van der Waals surface area contributed by atoms with Gasteiger partial charge in [-0.3, -0.25) is 0 Å². The van der Waals surface area contributed by atoms with Crippen molar-refractivity contribution in [2.75, 3.05) is 26.2 Å². The van der Waals surface area contributed by atoms with E-state index in [1.165, 1.54) is 4.31 Å². The maximum atomic E-state index is 13.3. The van der Waals surface area contributed by atoms with E-state index in [0.717, 1.165) is 50.6 Å². The van der Waals surface area contributed by atoms with E-state index in [1.807, 2.05) is 0 Å². The van der Waals surface area contributed by atoms with Crippen LogP contribution in [0.25, 0.3) is 0 Å². The maximum Gasteiger partial charge on any atom is 0.243 e.